The summed E-state index contributed by atoms with van der Waals surface area (Å²) in [5.41, 5.74) is 6.59. The van der Waals surface area contributed by atoms with Crippen LogP contribution in [0.15, 0.2) is 30.3 Å². The molecule has 1 saturated heterocycles. The molecule has 192 valence electrons. The van der Waals surface area contributed by atoms with Crippen LogP contribution in [0.3, 0.4) is 0 Å². The number of nitrogens with zero attached hydrogens (tertiary/aromatic N) is 1. The maximum atomic E-state index is 13.2. The van der Waals surface area contributed by atoms with Crippen molar-refractivity contribution in [1.82, 2.24) is 15.5 Å². The molecule has 11 nitrogen and oxygen atoms in total. The Morgan fingerprint density at radius 3 is 2.29 bits per heavy atom. The van der Waals surface area contributed by atoms with Crippen LogP contribution in [0.5, 0.6) is 0 Å². The highest BCUT2D eigenvalue weighted by Crippen LogP contribution is 2.20. The Morgan fingerprint density at radius 1 is 1.06 bits per heavy atom. The molecule has 11 heteroatoms. The van der Waals surface area contributed by atoms with Crippen LogP contribution in [0.1, 0.15) is 45.1 Å². The third-order valence-corrected chi connectivity index (χ3v) is 5.79. The monoisotopic (exact) mass is 490 g/mol. The number of likely N-dealkylation sites (tertiary alicyclic amines) is 1. The Balaban J connectivity index is 2.12. The molecule has 0 aromatic heterocycles. The van der Waals surface area contributed by atoms with Gasteiger partial charge in [0.2, 0.25) is 17.7 Å². The van der Waals surface area contributed by atoms with Gasteiger partial charge in [-0.1, -0.05) is 44.2 Å². The summed E-state index contributed by atoms with van der Waals surface area (Å²) in [7, 11) is 0. The smallest absolute Gasteiger partial charge is 0.326 e. The van der Waals surface area contributed by atoms with Gasteiger partial charge in [-0.3, -0.25) is 19.2 Å². The average molecular weight is 491 g/mol. The van der Waals surface area contributed by atoms with Gasteiger partial charge in [-0.15, -0.1) is 0 Å². The summed E-state index contributed by atoms with van der Waals surface area (Å²) in [5.74, 6) is -4.40. The molecule has 2 rings (SSSR count). The molecule has 0 bridgehead atoms. The van der Waals surface area contributed by atoms with Crippen molar-refractivity contribution in [1.29, 1.82) is 0 Å². The maximum absolute atomic E-state index is 13.2. The summed E-state index contributed by atoms with van der Waals surface area (Å²) in [5, 5.41) is 23.8. The van der Waals surface area contributed by atoms with E-state index in [-0.39, 0.29) is 25.3 Å². The number of nitrogens with one attached hydrogen (secondary N) is 2. The van der Waals surface area contributed by atoms with E-state index in [1.54, 1.807) is 30.3 Å². The third kappa shape index (κ3) is 8.36. The Morgan fingerprint density at radius 2 is 1.71 bits per heavy atom. The summed E-state index contributed by atoms with van der Waals surface area (Å²) in [6.07, 6.45) is 0.507. The summed E-state index contributed by atoms with van der Waals surface area (Å²) in [6.45, 7) is 3.93. The van der Waals surface area contributed by atoms with Gasteiger partial charge in [0, 0.05) is 13.0 Å². The number of carbonyl (C=O) groups excluding carboxylic acids is 3. The largest absolute Gasteiger partial charge is 0.481 e. The van der Waals surface area contributed by atoms with Crippen molar-refractivity contribution in [2.45, 2.75) is 70.1 Å². The van der Waals surface area contributed by atoms with Gasteiger partial charge >= 0.3 is 11.9 Å². The molecular weight excluding hydrogens is 456 g/mol. The van der Waals surface area contributed by atoms with Crippen molar-refractivity contribution in [2.24, 2.45) is 11.7 Å². The Kier molecular flexibility index (Phi) is 10.2. The number of carbonyl (C=O) groups is 5. The van der Waals surface area contributed by atoms with E-state index in [0.717, 1.165) is 5.56 Å². The van der Waals surface area contributed by atoms with Crippen LogP contribution in [0.2, 0.25) is 0 Å². The first kappa shape index (κ1) is 27.8. The number of rotatable bonds is 12. The predicted octanol–water partition coefficient (Wildman–Crippen LogP) is 0.122. The first-order valence-electron chi connectivity index (χ1n) is 11.6. The molecule has 35 heavy (non-hydrogen) atoms. The second-order valence-corrected chi connectivity index (χ2v) is 9.17. The topological polar surface area (TPSA) is 179 Å². The van der Waals surface area contributed by atoms with Crippen molar-refractivity contribution < 1.29 is 34.2 Å². The van der Waals surface area contributed by atoms with E-state index < -0.39 is 60.2 Å². The van der Waals surface area contributed by atoms with Crippen molar-refractivity contribution in [3.05, 3.63) is 35.9 Å². The van der Waals surface area contributed by atoms with Gasteiger partial charge in [0.15, 0.2) is 0 Å². The average Bonchev–Trinajstić information content (AvgIpc) is 3.27. The highest BCUT2D eigenvalue weighted by molar-refractivity contribution is 5.96. The van der Waals surface area contributed by atoms with Crippen LogP contribution in [0.25, 0.3) is 0 Å². The zero-order valence-electron chi connectivity index (χ0n) is 20.0. The van der Waals surface area contributed by atoms with Gasteiger partial charge in [0.25, 0.3) is 0 Å². The summed E-state index contributed by atoms with van der Waals surface area (Å²) < 4.78 is 0. The second-order valence-electron chi connectivity index (χ2n) is 9.17. The van der Waals surface area contributed by atoms with E-state index >= 15 is 0 Å². The zero-order chi connectivity index (χ0) is 26.1. The molecule has 0 saturated carbocycles. The van der Waals surface area contributed by atoms with Crippen LogP contribution >= 0.6 is 0 Å². The van der Waals surface area contributed by atoms with Crippen molar-refractivity contribution in [3.63, 3.8) is 0 Å². The normalized spacial score (nSPS) is 17.9. The number of carboxylic acids is 2. The highest BCUT2D eigenvalue weighted by atomic mass is 16.4. The van der Waals surface area contributed by atoms with Gasteiger partial charge in [-0.2, -0.15) is 0 Å². The molecule has 0 radical (unpaired) electrons. The van der Waals surface area contributed by atoms with Crippen molar-refractivity contribution in [3.8, 4) is 0 Å². The van der Waals surface area contributed by atoms with Crippen molar-refractivity contribution in [2.75, 3.05) is 6.54 Å². The summed E-state index contributed by atoms with van der Waals surface area (Å²) in [6, 6.07) is 4.32. The van der Waals surface area contributed by atoms with Gasteiger partial charge in [0.05, 0.1) is 12.5 Å². The van der Waals surface area contributed by atoms with Crippen LogP contribution in [-0.4, -0.2) is 75.5 Å². The SMILES string of the molecule is CC(C)CC(N)C(=O)NC(CC(=O)O)C(=O)N1CCCC1C(=O)NC(Cc1ccccc1)C(=O)O. The number of hydrogen-bond acceptors (Lipinski definition) is 6. The lowest BCUT2D eigenvalue weighted by molar-refractivity contribution is -0.147. The molecule has 1 aromatic carbocycles. The van der Waals surface area contributed by atoms with Crippen LogP contribution in [0, 0.1) is 5.92 Å². The van der Waals surface area contributed by atoms with E-state index in [2.05, 4.69) is 10.6 Å². The molecule has 0 spiro atoms. The van der Waals surface area contributed by atoms with Crippen LogP contribution < -0.4 is 16.4 Å². The number of benzene rings is 1. The minimum absolute atomic E-state index is 0.0635. The first-order chi connectivity index (χ1) is 16.5. The number of amides is 3. The lowest BCUT2D eigenvalue weighted by Crippen LogP contribution is -2.57. The van der Waals surface area contributed by atoms with Gasteiger partial charge in [0.1, 0.15) is 18.1 Å². The standard InChI is InChI=1S/C24H34N4O7/c1-14(2)11-16(25)21(31)26-17(13-20(29)30)23(33)28-10-6-9-19(28)22(32)27-18(24(34)35)12-15-7-4-3-5-8-15/h3-5,7-8,14,16-19H,6,9-13,25H2,1-2H3,(H,26,31)(H,27,32)(H,29,30)(H,34,35). The molecule has 6 N–H and O–H groups in total. The van der Waals surface area contributed by atoms with E-state index in [1.165, 1.54) is 4.90 Å². The fourth-order valence-corrected chi connectivity index (χ4v) is 4.09. The lowest BCUT2D eigenvalue weighted by atomic mass is 10.0. The lowest BCUT2D eigenvalue weighted by Gasteiger charge is -2.29. The number of nitrogens with two attached hydrogens (primary N) is 1. The fraction of sp³-hybridized carbons (Fsp3) is 0.542. The first-order valence-corrected chi connectivity index (χ1v) is 11.6. The van der Waals surface area contributed by atoms with Crippen LogP contribution in [-0.2, 0) is 30.4 Å². The minimum Gasteiger partial charge on any atom is -0.481 e. The van der Waals surface area contributed by atoms with Gasteiger partial charge in [-0.25, -0.2) is 4.79 Å². The number of aliphatic carboxylic acids is 2. The molecule has 1 fully saturated rings. The molecule has 1 aliphatic rings. The molecule has 4 unspecified atom stereocenters. The van der Waals surface area contributed by atoms with Crippen LogP contribution in [0.4, 0.5) is 0 Å². The molecule has 1 aromatic rings. The molecule has 3 amide bonds. The van der Waals surface area contributed by atoms with E-state index in [1.807, 2.05) is 13.8 Å². The Bertz CT molecular complexity index is 922. The Labute approximate surface area is 204 Å². The number of hydrogen-bond donors (Lipinski definition) is 5. The van der Waals surface area contributed by atoms with Crippen molar-refractivity contribution >= 4 is 29.7 Å². The van der Waals surface area contributed by atoms with E-state index in [0.29, 0.717) is 12.8 Å². The molecule has 1 heterocycles. The van der Waals surface area contributed by atoms with Gasteiger partial charge in [-0.05, 0) is 30.7 Å². The Hall–Kier alpha value is -3.47. The minimum atomic E-state index is -1.40. The van der Waals surface area contributed by atoms with Gasteiger partial charge < -0.3 is 31.5 Å². The molecular formula is C24H34N4O7. The third-order valence-electron chi connectivity index (χ3n) is 5.79. The van der Waals surface area contributed by atoms with E-state index in [4.69, 9.17) is 5.73 Å². The molecule has 4 atom stereocenters. The van der Waals surface area contributed by atoms with E-state index in [9.17, 15) is 34.2 Å². The zero-order valence-corrected chi connectivity index (χ0v) is 20.0. The highest BCUT2D eigenvalue weighted by Gasteiger charge is 2.39. The number of carboxylic acid groups (broad SMARTS) is 2. The molecule has 0 aliphatic carbocycles. The fourth-order valence-electron chi connectivity index (χ4n) is 4.09. The quantitative estimate of drug-likeness (QED) is 0.274. The second kappa shape index (κ2) is 12.8. The maximum Gasteiger partial charge on any atom is 0.326 e. The molecule has 1 aliphatic heterocycles. The predicted molar refractivity (Wildman–Crippen MR) is 126 cm³/mol. The summed E-state index contributed by atoms with van der Waals surface area (Å²) in [4.78, 5) is 62.9. The summed E-state index contributed by atoms with van der Waals surface area (Å²) >= 11 is 0.